The molecule has 1 heteroatoms. The van der Waals surface area contributed by atoms with Crippen molar-refractivity contribution in [3.8, 4) is 0 Å². The maximum atomic E-state index is 11.7. The first kappa shape index (κ1) is 7.15. The minimum Gasteiger partial charge on any atom is -0.208 e. The number of rotatable bonds is 2. The van der Waals surface area contributed by atoms with Crippen LogP contribution in [0, 0.1) is 0 Å². The molecule has 0 aliphatic rings. The highest BCUT2D eigenvalue weighted by molar-refractivity contribution is 5.18. The number of hydrogen-bond acceptors (Lipinski definition) is 0. The second kappa shape index (κ2) is 3.19. The second-order valence-corrected chi connectivity index (χ2v) is 1.63. The highest BCUT2D eigenvalue weighted by Gasteiger charge is 1.76. The van der Waals surface area contributed by atoms with Crippen molar-refractivity contribution >= 4 is 0 Å². The van der Waals surface area contributed by atoms with Crippen LogP contribution in [0.3, 0.4) is 0 Å². The fraction of sp³-hybridized carbons (Fsp3) is 0.143. The van der Waals surface area contributed by atoms with E-state index in [4.69, 9.17) is 0 Å². The summed E-state index contributed by atoms with van der Waals surface area (Å²) in [6.07, 6.45) is 2.85. The van der Waals surface area contributed by atoms with Gasteiger partial charge in [0, 0.05) is 0 Å². The van der Waals surface area contributed by atoms with Crippen molar-refractivity contribution in [3.63, 3.8) is 0 Å². The molecule has 0 rings (SSSR count). The van der Waals surface area contributed by atoms with Crippen molar-refractivity contribution < 1.29 is 4.39 Å². The Labute approximate surface area is 49.0 Å². The average molecular weight is 112 g/mol. The Hall–Kier alpha value is -0.850. The van der Waals surface area contributed by atoms with Gasteiger partial charge in [-0.1, -0.05) is 24.8 Å². The summed E-state index contributed by atoms with van der Waals surface area (Å²) >= 11 is 0. The van der Waals surface area contributed by atoms with Crippen molar-refractivity contribution in [2.75, 3.05) is 0 Å². The Morgan fingerprint density at radius 3 is 2.00 bits per heavy atom. The highest BCUT2D eigenvalue weighted by atomic mass is 19.1. The zero-order chi connectivity index (χ0) is 6.57. The molecule has 0 fully saturated rings. The molecule has 0 N–H and O–H groups in total. The first-order chi connectivity index (χ1) is 3.63. The Morgan fingerprint density at radius 1 is 1.38 bits per heavy atom. The molecule has 0 unspecified atom stereocenters. The molecule has 8 heavy (non-hydrogen) atoms. The summed E-state index contributed by atoms with van der Waals surface area (Å²) in [4.78, 5) is 0. The summed E-state index contributed by atoms with van der Waals surface area (Å²) in [5.41, 5.74) is 0.823. The first-order valence-electron chi connectivity index (χ1n) is 2.31. The van der Waals surface area contributed by atoms with E-state index < -0.39 is 5.83 Å². The van der Waals surface area contributed by atoms with Gasteiger partial charge in [0.2, 0.25) is 0 Å². The Kier molecular flexibility index (Phi) is 2.85. The summed E-state index contributed by atoms with van der Waals surface area (Å²) < 4.78 is 11.7. The molecule has 0 aliphatic heterocycles. The topological polar surface area (TPSA) is 0 Å². The van der Waals surface area contributed by atoms with E-state index in [-0.39, 0.29) is 0 Å². The summed E-state index contributed by atoms with van der Waals surface area (Å²) in [6.45, 7) is 8.36. The lowest BCUT2D eigenvalue weighted by atomic mass is 10.3. The summed E-state index contributed by atoms with van der Waals surface area (Å²) in [5.74, 6) is -0.437. The Morgan fingerprint density at radius 2 is 1.88 bits per heavy atom. The summed E-state index contributed by atoms with van der Waals surface area (Å²) in [5, 5.41) is 0. The van der Waals surface area contributed by atoms with Crippen LogP contribution in [0.2, 0.25) is 0 Å². The van der Waals surface area contributed by atoms with Crippen molar-refractivity contribution in [2.24, 2.45) is 0 Å². The third-order valence-corrected chi connectivity index (χ3v) is 0.549. The minimum atomic E-state index is -0.437. The van der Waals surface area contributed by atoms with E-state index in [1.165, 1.54) is 6.08 Å². The normalized spacial score (nSPS) is 9.75. The molecule has 0 aromatic heterocycles. The lowest BCUT2D eigenvalue weighted by Gasteiger charge is -1.81. The van der Waals surface area contributed by atoms with Crippen LogP contribution < -0.4 is 0 Å². The van der Waals surface area contributed by atoms with Gasteiger partial charge in [0.05, 0.1) is 0 Å². The largest absolute Gasteiger partial charge is 0.208 e. The van der Waals surface area contributed by atoms with Gasteiger partial charge < -0.3 is 0 Å². The monoisotopic (exact) mass is 112 g/mol. The first-order valence-corrected chi connectivity index (χ1v) is 2.31. The zero-order valence-corrected chi connectivity index (χ0v) is 4.95. The quantitative estimate of drug-likeness (QED) is 0.481. The van der Waals surface area contributed by atoms with Crippen molar-refractivity contribution in [2.45, 2.75) is 6.92 Å². The van der Waals surface area contributed by atoms with Gasteiger partial charge in [-0.05, 0) is 13.0 Å². The van der Waals surface area contributed by atoms with Gasteiger partial charge >= 0.3 is 0 Å². The lowest BCUT2D eigenvalue weighted by molar-refractivity contribution is 0.671. The fourth-order valence-corrected chi connectivity index (χ4v) is 0.233. The van der Waals surface area contributed by atoms with Gasteiger partial charge in [-0.15, -0.1) is 0 Å². The van der Waals surface area contributed by atoms with E-state index in [1.54, 1.807) is 13.0 Å². The molecule has 0 aromatic rings. The molecule has 0 saturated heterocycles. The van der Waals surface area contributed by atoms with Crippen LogP contribution in [-0.2, 0) is 0 Å². The predicted octanol–water partition coefficient (Wildman–Crippen LogP) is 2.60. The maximum absolute atomic E-state index is 11.7. The summed E-state index contributed by atoms with van der Waals surface area (Å²) in [6, 6.07) is 0. The highest BCUT2D eigenvalue weighted by Crippen LogP contribution is 1.96. The van der Waals surface area contributed by atoms with Crippen LogP contribution in [0.15, 0.2) is 36.7 Å². The van der Waals surface area contributed by atoms with E-state index >= 15 is 0 Å². The molecule has 0 amide bonds. The molecule has 0 nitrogen and oxygen atoms in total. The molecule has 0 aromatic carbocycles. The van der Waals surface area contributed by atoms with Crippen LogP contribution in [-0.4, -0.2) is 0 Å². The zero-order valence-electron chi connectivity index (χ0n) is 4.95. The molecule has 0 heterocycles. The van der Waals surface area contributed by atoms with Crippen molar-refractivity contribution in [1.29, 1.82) is 0 Å². The number of allylic oxidation sites excluding steroid dienone is 4. The SMILES string of the molecule is C=C(C)C=CC(=C)F. The Balaban J connectivity index is 3.67. The van der Waals surface area contributed by atoms with Gasteiger partial charge in [-0.2, -0.15) is 0 Å². The summed E-state index contributed by atoms with van der Waals surface area (Å²) in [7, 11) is 0. The van der Waals surface area contributed by atoms with Crippen LogP contribution in [0.1, 0.15) is 6.92 Å². The van der Waals surface area contributed by atoms with E-state index in [0.29, 0.717) is 0 Å². The van der Waals surface area contributed by atoms with Crippen LogP contribution >= 0.6 is 0 Å². The predicted molar refractivity (Wildman–Crippen MR) is 34.2 cm³/mol. The van der Waals surface area contributed by atoms with Gasteiger partial charge in [0.1, 0.15) is 5.83 Å². The molecule has 0 spiro atoms. The maximum Gasteiger partial charge on any atom is 0.116 e. The van der Waals surface area contributed by atoms with E-state index in [9.17, 15) is 4.39 Å². The van der Waals surface area contributed by atoms with E-state index in [0.717, 1.165) is 5.57 Å². The molecule has 0 bridgehead atoms. The Bertz CT molecular complexity index is 115. The van der Waals surface area contributed by atoms with E-state index in [2.05, 4.69) is 13.2 Å². The van der Waals surface area contributed by atoms with Gasteiger partial charge in [0.25, 0.3) is 0 Å². The molecule has 44 valence electrons. The van der Waals surface area contributed by atoms with Crippen molar-refractivity contribution in [3.05, 3.63) is 36.7 Å². The van der Waals surface area contributed by atoms with Gasteiger partial charge in [-0.25, -0.2) is 4.39 Å². The standard InChI is InChI=1S/C7H9F/c1-6(2)4-5-7(3)8/h4-5H,1,3H2,2H3. The number of halogens is 1. The van der Waals surface area contributed by atoms with Crippen LogP contribution in [0.25, 0.3) is 0 Å². The van der Waals surface area contributed by atoms with Crippen LogP contribution in [0.5, 0.6) is 0 Å². The molecule has 0 saturated carbocycles. The van der Waals surface area contributed by atoms with E-state index in [1.807, 2.05) is 0 Å². The number of hydrogen-bond donors (Lipinski definition) is 0. The van der Waals surface area contributed by atoms with Gasteiger partial charge in [0.15, 0.2) is 0 Å². The third kappa shape index (κ3) is 5.15. The second-order valence-electron chi connectivity index (χ2n) is 1.63. The lowest BCUT2D eigenvalue weighted by Crippen LogP contribution is -1.61. The average Bonchev–Trinajstić information content (AvgIpc) is 1.61. The third-order valence-electron chi connectivity index (χ3n) is 0.549. The molecule has 0 radical (unpaired) electrons. The molecular weight excluding hydrogens is 103 g/mol. The smallest absolute Gasteiger partial charge is 0.116 e. The van der Waals surface area contributed by atoms with Crippen molar-refractivity contribution in [1.82, 2.24) is 0 Å². The molecule has 0 aliphatic carbocycles. The van der Waals surface area contributed by atoms with Gasteiger partial charge in [-0.3, -0.25) is 0 Å². The molecular formula is C7H9F. The van der Waals surface area contributed by atoms with Crippen LogP contribution in [0.4, 0.5) is 4.39 Å². The fourth-order valence-electron chi connectivity index (χ4n) is 0.233. The minimum absolute atomic E-state index is 0.437. The molecule has 0 atom stereocenters.